The van der Waals surface area contributed by atoms with Crippen molar-refractivity contribution in [3.8, 4) is 0 Å². The molecule has 0 heterocycles. The van der Waals surface area contributed by atoms with Crippen LogP contribution in [0.25, 0.3) is 0 Å². The summed E-state index contributed by atoms with van der Waals surface area (Å²) < 4.78 is 26.9. The van der Waals surface area contributed by atoms with E-state index in [0.29, 0.717) is 6.42 Å². The number of hydrogen-bond acceptors (Lipinski definition) is 7. The highest BCUT2D eigenvalue weighted by Gasteiger charge is 2.23. The molecule has 0 spiro atoms. The molecule has 0 aliphatic carbocycles. The van der Waals surface area contributed by atoms with Crippen LogP contribution in [-0.2, 0) is 27.9 Å². The highest BCUT2D eigenvalue weighted by molar-refractivity contribution is 7.47. The Morgan fingerprint density at radius 1 is 0.525 bits per heavy atom. The maximum Gasteiger partial charge on any atom is 0.472 e. The van der Waals surface area contributed by atoms with Crippen LogP contribution in [0.4, 0.5) is 0 Å². The summed E-state index contributed by atoms with van der Waals surface area (Å²) in [6.45, 7) is 3.49. The van der Waals surface area contributed by atoms with Gasteiger partial charge in [-0.25, -0.2) is 4.57 Å². The van der Waals surface area contributed by atoms with Crippen molar-refractivity contribution < 1.29 is 37.9 Å². The topological polar surface area (TPSA) is 131 Å². The molecule has 0 aliphatic heterocycles. The number of phosphoric ester groups is 1. The van der Waals surface area contributed by atoms with Crippen molar-refractivity contribution in [1.29, 1.82) is 0 Å². The van der Waals surface area contributed by atoms with E-state index >= 15 is 0 Å². The van der Waals surface area contributed by atoms with Crippen LogP contribution in [0.3, 0.4) is 0 Å². The standard InChI is InChI=1S/C49H88NO8P/c1-3-5-7-9-11-13-15-17-19-21-23-25-27-29-31-33-35-37-39-41-48(52)50-43-44-57-59(54,55)58-46-47(51)45-56-49(53)42-40-38-36-34-32-30-28-26-24-22-20-18-16-14-12-10-8-6-4-2/h11-14,17-20,23,25,47,51H,3-10,15-16,21-22,24,26-46H2,1-2H3,(H,50,52)(H,54,55)/b13-11-,14-12-,19-17-,20-18-,25-23-. The van der Waals surface area contributed by atoms with E-state index in [9.17, 15) is 24.2 Å². The summed E-state index contributed by atoms with van der Waals surface area (Å²) in [7, 11) is -4.43. The third-order valence-corrected chi connectivity index (χ3v) is 10.9. The van der Waals surface area contributed by atoms with Gasteiger partial charge in [-0.3, -0.25) is 18.6 Å². The van der Waals surface area contributed by atoms with Crippen LogP contribution in [0, 0.1) is 0 Å². The first-order chi connectivity index (χ1) is 28.8. The summed E-state index contributed by atoms with van der Waals surface area (Å²) in [6.07, 6.45) is 54.3. The van der Waals surface area contributed by atoms with Crippen LogP contribution >= 0.6 is 7.82 Å². The number of hydrogen-bond donors (Lipinski definition) is 3. The van der Waals surface area contributed by atoms with Crippen molar-refractivity contribution in [2.45, 2.75) is 213 Å². The van der Waals surface area contributed by atoms with E-state index in [2.05, 4.69) is 79.9 Å². The van der Waals surface area contributed by atoms with E-state index in [4.69, 9.17) is 13.8 Å². The lowest BCUT2D eigenvalue weighted by molar-refractivity contribution is -0.147. The molecule has 0 aromatic carbocycles. The van der Waals surface area contributed by atoms with Crippen molar-refractivity contribution in [3.05, 3.63) is 60.8 Å². The second-order valence-electron chi connectivity index (χ2n) is 15.7. The zero-order valence-corrected chi connectivity index (χ0v) is 38.6. The molecule has 59 heavy (non-hydrogen) atoms. The normalized spacial score (nSPS) is 13.8. The fourth-order valence-corrected chi connectivity index (χ4v) is 7.06. The Bertz CT molecular complexity index is 1150. The van der Waals surface area contributed by atoms with E-state index in [0.717, 1.165) is 70.6 Å². The number of aliphatic hydroxyl groups excluding tert-OH is 1. The summed E-state index contributed by atoms with van der Waals surface area (Å²) in [6, 6.07) is 0. The molecule has 0 saturated carbocycles. The minimum atomic E-state index is -4.43. The van der Waals surface area contributed by atoms with Gasteiger partial charge in [0.1, 0.15) is 12.7 Å². The number of amides is 1. The molecule has 0 rings (SSSR count). The summed E-state index contributed by atoms with van der Waals surface area (Å²) in [4.78, 5) is 34.0. The van der Waals surface area contributed by atoms with Gasteiger partial charge < -0.3 is 20.1 Å². The predicted octanol–water partition coefficient (Wildman–Crippen LogP) is 13.7. The number of aliphatic hydroxyl groups is 1. The van der Waals surface area contributed by atoms with Gasteiger partial charge in [0.05, 0.1) is 13.2 Å². The minimum absolute atomic E-state index is 0.0717. The highest BCUT2D eigenvalue weighted by Crippen LogP contribution is 2.42. The zero-order valence-electron chi connectivity index (χ0n) is 37.7. The predicted molar refractivity (Wildman–Crippen MR) is 247 cm³/mol. The van der Waals surface area contributed by atoms with Crippen LogP contribution in [0.15, 0.2) is 60.8 Å². The molecule has 0 bridgehead atoms. The molecule has 0 saturated heterocycles. The fraction of sp³-hybridized carbons (Fsp3) is 0.755. The Morgan fingerprint density at radius 2 is 0.915 bits per heavy atom. The van der Waals surface area contributed by atoms with Crippen LogP contribution in [-0.4, -0.2) is 54.3 Å². The smallest absolute Gasteiger partial charge is 0.463 e. The minimum Gasteiger partial charge on any atom is -0.463 e. The van der Waals surface area contributed by atoms with Crippen molar-refractivity contribution in [2.24, 2.45) is 0 Å². The molecule has 3 N–H and O–H groups in total. The molecule has 342 valence electrons. The largest absolute Gasteiger partial charge is 0.472 e. The Balaban J connectivity index is 3.61. The first-order valence-electron chi connectivity index (χ1n) is 23.8. The Hall–Kier alpha value is -2.29. The van der Waals surface area contributed by atoms with Gasteiger partial charge in [0.15, 0.2) is 0 Å². The van der Waals surface area contributed by atoms with Gasteiger partial charge in [0, 0.05) is 19.4 Å². The molecule has 1 amide bonds. The number of nitrogens with one attached hydrogen (secondary N) is 1. The first kappa shape index (κ1) is 56.7. The molecule has 0 aliphatic rings. The molecule has 0 fully saturated rings. The molecule has 2 atom stereocenters. The van der Waals surface area contributed by atoms with Gasteiger partial charge >= 0.3 is 13.8 Å². The molecule has 9 nitrogen and oxygen atoms in total. The number of carbonyl (C=O) groups excluding carboxylic acids is 2. The van der Waals surface area contributed by atoms with Gasteiger partial charge in [-0.1, -0.05) is 171 Å². The lowest BCUT2D eigenvalue weighted by atomic mass is 10.1. The van der Waals surface area contributed by atoms with Gasteiger partial charge in [-0.05, 0) is 83.5 Å². The Kier molecular flexibility index (Phi) is 43.5. The van der Waals surface area contributed by atoms with Gasteiger partial charge in [-0.15, -0.1) is 0 Å². The molecular weight excluding hydrogens is 762 g/mol. The number of carbonyl (C=O) groups is 2. The number of allylic oxidation sites excluding steroid dienone is 10. The molecule has 0 radical (unpaired) electrons. The van der Waals surface area contributed by atoms with Crippen LogP contribution in [0.2, 0.25) is 0 Å². The lowest BCUT2D eigenvalue weighted by Crippen LogP contribution is -2.27. The summed E-state index contributed by atoms with van der Waals surface area (Å²) in [5.74, 6) is -0.534. The average Bonchev–Trinajstić information content (AvgIpc) is 3.22. The second-order valence-corrected chi connectivity index (χ2v) is 17.2. The molecular formula is C49H88NO8P. The summed E-state index contributed by atoms with van der Waals surface area (Å²) in [5, 5.41) is 12.7. The Labute approximate surface area is 361 Å². The monoisotopic (exact) mass is 850 g/mol. The fourth-order valence-electron chi connectivity index (χ4n) is 6.30. The number of phosphoric acid groups is 1. The summed E-state index contributed by atoms with van der Waals surface area (Å²) in [5.41, 5.74) is 0. The van der Waals surface area contributed by atoms with E-state index in [1.165, 1.54) is 109 Å². The Morgan fingerprint density at radius 3 is 1.37 bits per heavy atom. The van der Waals surface area contributed by atoms with E-state index in [1.807, 2.05) is 0 Å². The van der Waals surface area contributed by atoms with Crippen molar-refractivity contribution in [2.75, 3.05) is 26.4 Å². The van der Waals surface area contributed by atoms with Crippen molar-refractivity contribution in [1.82, 2.24) is 5.32 Å². The molecule has 0 aromatic rings. The van der Waals surface area contributed by atoms with Gasteiger partial charge in [-0.2, -0.15) is 0 Å². The quantitative estimate of drug-likeness (QED) is 0.0239. The van der Waals surface area contributed by atoms with Gasteiger partial charge in [0.2, 0.25) is 5.91 Å². The van der Waals surface area contributed by atoms with E-state index in [1.54, 1.807) is 0 Å². The average molecular weight is 850 g/mol. The van der Waals surface area contributed by atoms with E-state index in [-0.39, 0.29) is 32.1 Å². The van der Waals surface area contributed by atoms with Gasteiger partial charge in [0.25, 0.3) is 0 Å². The number of esters is 1. The van der Waals surface area contributed by atoms with Crippen LogP contribution in [0.5, 0.6) is 0 Å². The SMILES string of the molecule is CCCCC/C=C\C/C=C\C/C=C\CCCCCCCCC(=O)NCCOP(=O)(O)OCC(O)COC(=O)CCCCCCCCCCC/C=C\C/C=C\CCCCC. The number of unbranched alkanes of at least 4 members (excludes halogenated alkanes) is 21. The van der Waals surface area contributed by atoms with E-state index < -0.39 is 26.5 Å². The van der Waals surface area contributed by atoms with Crippen molar-refractivity contribution in [3.63, 3.8) is 0 Å². The highest BCUT2D eigenvalue weighted by atomic mass is 31.2. The maximum absolute atomic E-state index is 12.1. The summed E-state index contributed by atoms with van der Waals surface area (Å²) >= 11 is 0. The van der Waals surface area contributed by atoms with Crippen LogP contribution in [0.1, 0.15) is 206 Å². The van der Waals surface area contributed by atoms with Crippen LogP contribution < -0.4 is 5.32 Å². The number of rotatable bonds is 44. The lowest BCUT2D eigenvalue weighted by Gasteiger charge is -2.15. The molecule has 2 unspecified atom stereocenters. The third kappa shape index (κ3) is 46.6. The molecule has 0 aromatic heterocycles. The second kappa shape index (κ2) is 45.2. The molecule has 10 heteroatoms. The first-order valence-corrected chi connectivity index (χ1v) is 25.3. The third-order valence-electron chi connectivity index (χ3n) is 9.92. The number of ether oxygens (including phenoxy) is 1. The maximum atomic E-state index is 12.1. The van der Waals surface area contributed by atoms with Crippen molar-refractivity contribution >= 4 is 19.7 Å². The zero-order chi connectivity index (χ0) is 43.2.